The van der Waals surface area contributed by atoms with E-state index in [0.29, 0.717) is 6.67 Å². The number of anilines is 4. The number of aromatic nitrogens is 2. The summed E-state index contributed by atoms with van der Waals surface area (Å²) < 4.78 is 9.88. The fourth-order valence-electron chi connectivity index (χ4n) is 14.0. The number of hydrogen-bond acceptors (Lipinski definition) is 6. The first-order valence-electron chi connectivity index (χ1n) is 34.1. The van der Waals surface area contributed by atoms with Gasteiger partial charge in [-0.3, -0.25) is 4.57 Å². The molecule has 0 amide bonds. The highest BCUT2D eigenvalue weighted by atomic mass is 16.5. The van der Waals surface area contributed by atoms with Gasteiger partial charge >= 0.3 is 0 Å². The zero-order valence-electron chi connectivity index (χ0n) is 58.5. The number of nitrogens with one attached hydrogen (secondary N) is 2. The number of fused-ring (bicyclic) bond motifs is 4. The van der Waals surface area contributed by atoms with E-state index in [-0.39, 0.29) is 21.7 Å². The molecule has 7 nitrogen and oxygen atoms in total. The van der Waals surface area contributed by atoms with Gasteiger partial charge in [0.1, 0.15) is 24.0 Å². The molecular weight excluding hydrogens is 1180 g/mol. The van der Waals surface area contributed by atoms with E-state index in [9.17, 15) is 0 Å². The molecule has 2 radical (unpaired) electrons. The van der Waals surface area contributed by atoms with Gasteiger partial charge in [0.05, 0.1) is 28.1 Å². The standard InChI is InChI=1S/C88H88B2N6O/c1-84(2,3)63-39-42-77-70(53-63)69-41-40-67(58-80(69)96(77)81-56-64(43-50-93-81)88(13,61-29-16-14-17-30-61)62-31-18-15-19-32-62)97-68-52-60(82-73(86(7,8)9)33-26-34-74(82)87(10,11)12)51-66(57-68)94-59-95(79-38-21-20-37-78(79)94)83-71(75-35-27-48-91-46-24-22-44-89-75)54-65(85(4,5)6)55-72(83)76-36-28-49-92-47-25-23-45-90-76/h14-58,91-92H,59H2,1-13H3/b44-22-,45-23-,46-24-,47-25-,48-27-,49-28-,75-35-,76-36-. The van der Waals surface area contributed by atoms with E-state index in [2.05, 4.69) is 360 Å². The largest absolute Gasteiger partial charge is 0.457 e. The maximum absolute atomic E-state index is 7.54. The van der Waals surface area contributed by atoms with Crippen LogP contribution in [0.2, 0.25) is 0 Å². The van der Waals surface area contributed by atoms with Crippen LogP contribution >= 0.6 is 0 Å². The number of pyridine rings is 1. The van der Waals surface area contributed by atoms with Gasteiger partial charge in [0.25, 0.3) is 0 Å². The summed E-state index contributed by atoms with van der Waals surface area (Å²) in [5.41, 5.74) is 20.6. The van der Waals surface area contributed by atoms with E-state index in [4.69, 9.17) is 9.72 Å². The van der Waals surface area contributed by atoms with Crippen molar-refractivity contribution in [2.24, 2.45) is 0 Å². The van der Waals surface area contributed by atoms with Crippen LogP contribution in [0.15, 0.2) is 274 Å². The average molecular weight is 1270 g/mol. The van der Waals surface area contributed by atoms with Gasteiger partial charge in [-0.1, -0.05) is 215 Å². The first kappa shape index (κ1) is 65.4. The monoisotopic (exact) mass is 1270 g/mol. The van der Waals surface area contributed by atoms with Gasteiger partial charge in [-0.2, -0.15) is 0 Å². The Kier molecular flexibility index (Phi) is 17.8. The molecule has 0 unspecified atom stereocenters. The number of ether oxygens (including phenoxy) is 1. The molecule has 5 heterocycles. The fraction of sp³-hybridized carbons (Fsp3) is 0.216. The number of para-hydroxylation sites is 2. The second-order valence-corrected chi connectivity index (χ2v) is 30.1. The van der Waals surface area contributed by atoms with E-state index >= 15 is 0 Å². The Morgan fingerprint density at radius 2 is 0.990 bits per heavy atom. The molecule has 2 N–H and O–H groups in total. The summed E-state index contributed by atoms with van der Waals surface area (Å²) in [5, 5.41) is 8.92. The second kappa shape index (κ2) is 26.4. The van der Waals surface area contributed by atoms with E-state index < -0.39 is 5.41 Å². The van der Waals surface area contributed by atoms with Crippen molar-refractivity contribution in [3.8, 4) is 28.4 Å². The van der Waals surface area contributed by atoms with Crippen molar-refractivity contribution in [1.29, 1.82) is 0 Å². The van der Waals surface area contributed by atoms with Gasteiger partial charge in [-0.05, 0) is 187 Å². The molecule has 0 aliphatic carbocycles. The third-order valence-corrected chi connectivity index (χ3v) is 19.2. The van der Waals surface area contributed by atoms with Crippen molar-refractivity contribution in [3.63, 3.8) is 0 Å². The first-order chi connectivity index (χ1) is 46.5. The Labute approximate surface area is 577 Å². The summed E-state index contributed by atoms with van der Waals surface area (Å²) in [4.78, 5) is 10.3. The summed E-state index contributed by atoms with van der Waals surface area (Å²) >= 11 is 0. The lowest BCUT2D eigenvalue weighted by molar-refractivity contribution is 0.483. The minimum absolute atomic E-state index is 0.0737. The van der Waals surface area contributed by atoms with Crippen molar-refractivity contribution < 1.29 is 4.74 Å². The predicted octanol–water partition coefficient (Wildman–Crippen LogP) is 21.8. The van der Waals surface area contributed by atoms with Gasteiger partial charge < -0.3 is 25.2 Å². The number of benzene rings is 8. The average Bonchev–Trinajstić information content (AvgIpc) is 1.66. The van der Waals surface area contributed by atoms with Crippen LogP contribution in [0.3, 0.4) is 0 Å². The summed E-state index contributed by atoms with van der Waals surface area (Å²) in [6, 6.07) is 67.3. The molecule has 0 fully saturated rings. The van der Waals surface area contributed by atoms with Crippen LogP contribution in [0.25, 0.3) is 49.7 Å². The normalized spacial score (nSPS) is 17.6. The van der Waals surface area contributed by atoms with Crippen LogP contribution in [0.5, 0.6) is 11.5 Å². The highest BCUT2D eigenvalue weighted by Gasteiger charge is 2.36. The first-order valence-corrected chi connectivity index (χ1v) is 34.1. The molecule has 97 heavy (non-hydrogen) atoms. The molecule has 3 aliphatic rings. The van der Waals surface area contributed by atoms with Crippen molar-refractivity contribution in [1.82, 2.24) is 20.2 Å². The van der Waals surface area contributed by atoms with Gasteiger partial charge in [0.2, 0.25) is 0 Å². The van der Waals surface area contributed by atoms with E-state index in [0.717, 1.165) is 95.1 Å². The summed E-state index contributed by atoms with van der Waals surface area (Å²) in [7, 11) is 4.48. The molecule has 0 saturated heterocycles. The molecule has 3 aliphatic heterocycles. The fourth-order valence-corrected chi connectivity index (χ4v) is 14.0. The topological polar surface area (TPSA) is 57.6 Å². The van der Waals surface area contributed by atoms with Crippen molar-refractivity contribution in [3.05, 3.63) is 324 Å². The van der Waals surface area contributed by atoms with Crippen LogP contribution < -0.4 is 25.2 Å². The van der Waals surface area contributed by atoms with Crippen molar-refractivity contribution >= 4 is 70.1 Å². The zero-order chi connectivity index (χ0) is 67.9. The summed E-state index contributed by atoms with van der Waals surface area (Å²) in [6.45, 7) is 30.6. The van der Waals surface area contributed by atoms with Gasteiger partial charge in [0.15, 0.2) is 14.6 Å². The molecule has 482 valence electrons. The SMILES string of the molecule is CC(C)(C)c1cc(/C2=C/C=C\N/C=C\C=C/[B]2)c(N2CN(c3cc(Oc4ccc5c6cc(C(C)(C)C)ccc6n(-c6cc(C(C)(c7ccccc7)c7ccccc7)ccn6)c5c4)cc(-c4c(C(C)(C)C)cccc4C(C)(C)C)c3)c3ccccc32)c(/C2=C/C=C\N/C=C\C=C/[B]2)c1. The molecule has 0 saturated carbocycles. The van der Waals surface area contributed by atoms with Crippen LogP contribution in [-0.2, 0) is 27.1 Å². The maximum Gasteiger partial charge on any atom is 0.182 e. The molecule has 0 atom stereocenters. The van der Waals surface area contributed by atoms with Crippen LogP contribution in [-0.4, -0.2) is 30.8 Å². The van der Waals surface area contributed by atoms with Crippen molar-refractivity contribution in [2.75, 3.05) is 16.5 Å². The minimum Gasteiger partial charge on any atom is -0.457 e. The molecule has 9 heteroatoms. The maximum atomic E-state index is 7.54. The van der Waals surface area contributed by atoms with Crippen LogP contribution in [0.1, 0.15) is 140 Å². The van der Waals surface area contributed by atoms with Gasteiger partial charge in [0, 0.05) is 65.0 Å². The second-order valence-electron chi connectivity index (χ2n) is 30.1. The smallest absolute Gasteiger partial charge is 0.182 e. The van der Waals surface area contributed by atoms with Gasteiger partial charge in [-0.25, -0.2) is 4.98 Å². The number of rotatable bonds is 11. The third kappa shape index (κ3) is 13.3. The predicted molar refractivity (Wildman–Crippen MR) is 414 cm³/mol. The quantitative estimate of drug-likeness (QED) is 0.126. The highest BCUT2D eigenvalue weighted by Crippen LogP contribution is 2.52. The molecule has 13 rings (SSSR count). The lowest BCUT2D eigenvalue weighted by Gasteiger charge is -2.32. The molecular formula is C88H88B2N6O. The molecule has 0 spiro atoms. The number of hydrogen-bond donors (Lipinski definition) is 2. The highest BCUT2D eigenvalue weighted by molar-refractivity contribution is 6.67. The Balaban J connectivity index is 1.02. The lowest BCUT2D eigenvalue weighted by atomic mass is 9.62. The Hall–Kier alpha value is -10.2. The van der Waals surface area contributed by atoms with E-state index in [1.54, 1.807) is 0 Å². The molecule has 8 aromatic carbocycles. The van der Waals surface area contributed by atoms with Gasteiger partial charge in [-0.15, -0.1) is 12.0 Å². The molecule has 10 aromatic rings. The number of nitrogens with zero attached hydrogens (tertiary/aromatic N) is 4. The zero-order valence-corrected chi connectivity index (χ0v) is 58.5. The van der Waals surface area contributed by atoms with Crippen LogP contribution in [0, 0.1) is 0 Å². The Morgan fingerprint density at radius 1 is 0.423 bits per heavy atom. The van der Waals surface area contributed by atoms with Crippen molar-refractivity contribution in [2.45, 2.75) is 117 Å². The van der Waals surface area contributed by atoms with E-state index in [1.807, 2.05) is 43.1 Å². The van der Waals surface area contributed by atoms with E-state index in [1.165, 1.54) is 38.9 Å². The Bertz CT molecular complexity index is 4730. The van der Waals surface area contributed by atoms with Crippen LogP contribution in [0.4, 0.5) is 22.7 Å². The lowest BCUT2D eigenvalue weighted by Crippen LogP contribution is -2.27. The summed E-state index contributed by atoms with van der Waals surface area (Å²) in [5.74, 6) is 6.55. The summed E-state index contributed by atoms with van der Waals surface area (Å²) in [6.07, 6.45) is 26.7. The third-order valence-electron chi connectivity index (χ3n) is 19.2. The number of allylic oxidation sites excluding steroid dienone is 8. The molecule has 0 bridgehead atoms. The Morgan fingerprint density at radius 3 is 1.57 bits per heavy atom. The molecule has 2 aromatic heterocycles. The minimum atomic E-state index is -0.481.